The molecule has 2 rings (SSSR count). The number of rotatable bonds is 7. The average molecular weight is 368 g/mol. The van der Waals surface area contributed by atoms with Crippen molar-refractivity contribution in [3.63, 3.8) is 0 Å². The maximum Gasteiger partial charge on any atom is 0.142 e. The first-order valence-corrected chi connectivity index (χ1v) is 8.97. The fraction of sp³-hybridized carbons (Fsp3) is 0.611. The van der Waals surface area contributed by atoms with Gasteiger partial charge in [0.15, 0.2) is 0 Å². The molecule has 1 aliphatic heterocycles. The Balaban J connectivity index is 1.95. The summed E-state index contributed by atoms with van der Waals surface area (Å²) in [6.45, 7) is 6.54. The number of benzene rings is 1. The van der Waals surface area contributed by atoms with E-state index in [0.29, 0.717) is 11.8 Å². The molecule has 1 aromatic carbocycles. The van der Waals surface area contributed by atoms with Gasteiger partial charge in [-0.1, -0.05) is 41.9 Å². The highest BCUT2D eigenvalue weighted by Crippen LogP contribution is 2.25. The van der Waals surface area contributed by atoms with Crippen molar-refractivity contribution < 1.29 is 9.53 Å². The monoisotopic (exact) mass is 367 g/mol. The van der Waals surface area contributed by atoms with E-state index in [0.717, 1.165) is 49.1 Å². The van der Waals surface area contributed by atoms with Crippen molar-refractivity contribution in [2.24, 2.45) is 5.92 Å². The van der Waals surface area contributed by atoms with Crippen LogP contribution in [0.15, 0.2) is 28.7 Å². The first kappa shape index (κ1) is 17.6. The Bertz CT molecular complexity index is 466. The summed E-state index contributed by atoms with van der Waals surface area (Å²) in [7, 11) is 0. The summed E-state index contributed by atoms with van der Waals surface area (Å²) in [6.07, 6.45) is 3.00. The van der Waals surface area contributed by atoms with Gasteiger partial charge in [0, 0.05) is 35.6 Å². The Morgan fingerprint density at radius 2 is 1.91 bits per heavy atom. The van der Waals surface area contributed by atoms with Crippen LogP contribution in [0.4, 0.5) is 0 Å². The predicted molar refractivity (Wildman–Crippen MR) is 93.2 cm³/mol. The number of hydrogen-bond donors (Lipinski definition) is 1. The van der Waals surface area contributed by atoms with Crippen LogP contribution in [0.3, 0.4) is 0 Å². The van der Waals surface area contributed by atoms with Crippen LogP contribution in [0, 0.1) is 5.92 Å². The van der Waals surface area contributed by atoms with Crippen molar-refractivity contribution in [1.29, 1.82) is 0 Å². The summed E-state index contributed by atoms with van der Waals surface area (Å²) in [6, 6.07) is 8.69. The molecule has 1 heterocycles. The largest absolute Gasteiger partial charge is 0.381 e. The zero-order valence-electron chi connectivity index (χ0n) is 13.5. The van der Waals surface area contributed by atoms with E-state index in [2.05, 4.69) is 33.4 Å². The van der Waals surface area contributed by atoms with Crippen LogP contribution in [0.2, 0.25) is 0 Å². The van der Waals surface area contributed by atoms with E-state index in [-0.39, 0.29) is 11.8 Å². The van der Waals surface area contributed by atoms with Crippen molar-refractivity contribution in [1.82, 2.24) is 5.32 Å². The van der Waals surface area contributed by atoms with Gasteiger partial charge in [-0.2, -0.15) is 0 Å². The van der Waals surface area contributed by atoms with Gasteiger partial charge in [-0.15, -0.1) is 0 Å². The Hall–Kier alpha value is -0.710. The normalized spacial score (nSPS) is 17.6. The summed E-state index contributed by atoms with van der Waals surface area (Å²) in [4.78, 5) is 12.6. The van der Waals surface area contributed by atoms with Crippen LogP contribution < -0.4 is 5.32 Å². The summed E-state index contributed by atoms with van der Waals surface area (Å²) >= 11 is 3.46. The summed E-state index contributed by atoms with van der Waals surface area (Å²) in [5.41, 5.74) is 1.12. The Labute approximate surface area is 141 Å². The number of ether oxygens (including phenoxy) is 1. The molecule has 1 atom stereocenters. The van der Waals surface area contributed by atoms with Crippen LogP contribution in [-0.2, 0) is 9.53 Å². The molecule has 1 aromatic rings. The first-order chi connectivity index (χ1) is 10.6. The van der Waals surface area contributed by atoms with Crippen LogP contribution in [0.1, 0.15) is 44.6 Å². The van der Waals surface area contributed by atoms with Gasteiger partial charge in [-0.3, -0.25) is 4.79 Å². The van der Waals surface area contributed by atoms with Crippen molar-refractivity contribution >= 4 is 21.7 Å². The molecule has 1 N–H and O–H groups in total. The second kappa shape index (κ2) is 8.80. The van der Waals surface area contributed by atoms with Crippen LogP contribution in [0.25, 0.3) is 0 Å². The fourth-order valence-electron chi connectivity index (χ4n) is 2.90. The molecule has 0 spiro atoms. The molecular formula is C18H26BrNO2. The number of ketones is 1. The molecule has 0 unspecified atom stereocenters. The molecule has 0 saturated carbocycles. The number of carbonyl (C=O) groups excluding carboxylic acids is 1. The van der Waals surface area contributed by atoms with Crippen LogP contribution in [0.5, 0.6) is 0 Å². The van der Waals surface area contributed by atoms with Crippen molar-refractivity contribution in [2.75, 3.05) is 19.8 Å². The smallest absolute Gasteiger partial charge is 0.142 e. The lowest BCUT2D eigenvalue weighted by molar-refractivity contribution is -0.123. The van der Waals surface area contributed by atoms with Gasteiger partial charge >= 0.3 is 0 Å². The molecule has 0 bridgehead atoms. The molecule has 4 heteroatoms. The quantitative estimate of drug-likeness (QED) is 0.793. The van der Waals surface area contributed by atoms with E-state index in [9.17, 15) is 4.79 Å². The third kappa shape index (κ3) is 5.18. The highest BCUT2D eigenvalue weighted by Gasteiger charge is 2.23. The molecule has 0 aromatic heterocycles. The number of hydrogen-bond acceptors (Lipinski definition) is 3. The lowest BCUT2D eigenvalue weighted by Gasteiger charge is -2.25. The maximum absolute atomic E-state index is 12.6. The van der Waals surface area contributed by atoms with Gasteiger partial charge < -0.3 is 10.1 Å². The summed E-state index contributed by atoms with van der Waals surface area (Å²) < 4.78 is 6.43. The molecule has 3 nitrogen and oxygen atoms in total. The third-order valence-electron chi connectivity index (χ3n) is 4.27. The zero-order valence-corrected chi connectivity index (χ0v) is 15.1. The van der Waals surface area contributed by atoms with Crippen LogP contribution >= 0.6 is 15.9 Å². The zero-order chi connectivity index (χ0) is 15.9. The maximum atomic E-state index is 12.6. The number of nitrogens with one attached hydrogen (secondary N) is 1. The summed E-state index contributed by atoms with van der Waals surface area (Å²) in [5, 5.41) is 3.59. The van der Waals surface area contributed by atoms with Crippen LogP contribution in [-0.4, -0.2) is 31.6 Å². The molecule has 0 aliphatic carbocycles. The summed E-state index contributed by atoms with van der Waals surface area (Å²) in [5.74, 6) is 0.383. The lowest BCUT2D eigenvalue weighted by atomic mass is 9.86. The average Bonchev–Trinajstić information content (AvgIpc) is 2.53. The molecule has 22 heavy (non-hydrogen) atoms. The third-order valence-corrected chi connectivity index (χ3v) is 4.80. The fourth-order valence-corrected chi connectivity index (χ4v) is 3.17. The predicted octanol–water partition coefficient (Wildman–Crippen LogP) is 3.92. The molecule has 1 saturated heterocycles. The number of Topliss-reactive ketones (excluding diaryl/α,β-unsaturated/α-hetero) is 1. The lowest BCUT2D eigenvalue weighted by Crippen LogP contribution is -2.36. The number of halogens is 1. The van der Waals surface area contributed by atoms with Gasteiger partial charge in [-0.25, -0.2) is 0 Å². The van der Waals surface area contributed by atoms with Gasteiger partial charge in [0.2, 0.25) is 0 Å². The van der Waals surface area contributed by atoms with Crippen molar-refractivity contribution in [3.8, 4) is 0 Å². The Morgan fingerprint density at radius 1 is 1.27 bits per heavy atom. The molecule has 1 fully saturated rings. The van der Waals surface area contributed by atoms with Gasteiger partial charge in [0.25, 0.3) is 0 Å². The topological polar surface area (TPSA) is 38.3 Å². The molecule has 0 radical (unpaired) electrons. The minimum absolute atomic E-state index is 0.0135. The standard InChI is InChI=1S/C18H26BrNO2/c1-13(2)18(21)17(14-3-5-15(19)6-4-14)7-10-20-16-8-11-22-12-9-16/h3-6,13,16-17,20H,7-12H2,1-2H3/t17-/m1/s1. The highest BCUT2D eigenvalue weighted by atomic mass is 79.9. The molecule has 0 amide bonds. The Morgan fingerprint density at radius 3 is 2.50 bits per heavy atom. The number of carbonyl (C=O) groups is 1. The van der Waals surface area contributed by atoms with E-state index in [1.165, 1.54) is 0 Å². The van der Waals surface area contributed by atoms with Gasteiger partial charge in [-0.05, 0) is 43.5 Å². The molecule has 1 aliphatic rings. The van der Waals surface area contributed by atoms with E-state index >= 15 is 0 Å². The minimum atomic E-state index is -0.0135. The van der Waals surface area contributed by atoms with E-state index in [1.54, 1.807) is 0 Å². The second-order valence-corrected chi connectivity index (χ2v) is 7.21. The SMILES string of the molecule is CC(C)C(=O)[C@H](CCNC1CCOCC1)c1ccc(Br)cc1. The Kier molecular flexibility index (Phi) is 7.06. The highest BCUT2D eigenvalue weighted by molar-refractivity contribution is 9.10. The minimum Gasteiger partial charge on any atom is -0.381 e. The molecular weight excluding hydrogens is 342 g/mol. The van der Waals surface area contributed by atoms with Crippen molar-refractivity contribution in [2.45, 2.75) is 45.1 Å². The van der Waals surface area contributed by atoms with E-state index in [4.69, 9.17) is 4.74 Å². The van der Waals surface area contributed by atoms with E-state index in [1.807, 2.05) is 26.0 Å². The van der Waals surface area contributed by atoms with E-state index < -0.39 is 0 Å². The van der Waals surface area contributed by atoms with Gasteiger partial charge in [0.05, 0.1) is 0 Å². The molecule has 122 valence electrons. The van der Waals surface area contributed by atoms with Crippen molar-refractivity contribution in [3.05, 3.63) is 34.3 Å². The van der Waals surface area contributed by atoms with Gasteiger partial charge in [0.1, 0.15) is 5.78 Å². The second-order valence-electron chi connectivity index (χ2n) is 6.29. The first-order valence-electron chi connectivity index (χ1n) is 8.18.